The Morgan fingerprint density at radius 2 is 1.55 bits per heavy atom. The Hall–Kier alpha value is -2.17. The van der Waals surface area contributed by atoms with Gasteiger partial charge in [-0.3, -0.25) is 0 Å². The highest BCUT2D eigenvalue weighted by Crippen LogP contribution is 2.17. The zero-order valence-corrected chi connectivity index (χ0v) is 13.4. The fourth-order valence-corrected chi connectivity index (χ4v) is 2.72. The maximum Gasteiger partial charge on any atom is 0.225 e. The van der Waals surface area contributed by atoms with Crippen LogP contribution < -0.4 is 9.80 Å². The summed E-state index contributed by atoms with van der Waals surface area (Å²) in [6, 6.07) is 8.18. The Balaban J connectivity index is 1.71. The van der Waals surface area contributed by atoms with Crippen molar-refractivity contribution < 1.29 is 0 Å². The van der Waals surface area contributed by atoms with Gasteiger partial charge in [0.1, 0.15) is 5.82 Å². The van der Waals surface area contributed by atoms with Crippen LogP contribution in [0.2, 0.25) is 0 Å². The molecule has 1 aliphatic heterocycles. The second-order valence-corrected chi connectivity index (χ2v) is 5.52. The first-order chi connectivity index (χ1) is 10.8. The largest absolute Gasteiger partial charge is 0.353 e. The Kier molecular flexibility index (Phi) is 4.51. The lowest BCUT2D eigenvalue weighted by Crippen LogP contribution is -2.47. The second-order valence-electron chi connectivity index (χ2n) is 5.52. The Morgan fingerprint density at radius 1 is 0.909 bits per heavy atom. The SMILES string of the molecule is CCc1cc(CC)nc(N2CCN(c3ccccn3)CC2)n1. The number of aromatic nitrogens is 3. The Bertz CT molecular complexity index is 583. The molecule has 0 bridgehead atoms. The number of pyridine rings is 1. The van der Waals surface area contributed by atoms with E-state index in [2.05, 4.69) is 40.8 Å². The normalized spacial score (nSPS) is 15.2. The lowest BCUT2D eigenvalue weighted by atomic mass is 10.2. The molecule has 22 heavy (non-hydrogen) atoms. The topological polar surface area (TPSA) is 45.2 Å². The molecule has 0 saturated carbocycles. The molecule has 0 aromatic carbocycles. The van der Waals surface area contributed by atoms with Crippen LogP contribution in [0.4, 0.5) is 11.8 Å². The fraction of sp³-hybridized carbons (Fsp3) is 0.471. The maximum atomic E-state index is 4.70. The van der Waals surface area contributed by atoms with Gasteiger partial charge in [0.25, 0.3) is 0 Å². The molecule has 0 unspecified atom stereocenters. The maximum absolute atomic E-state index is 4.70. The summed E-state index contributed by atoms with van der Waals surface area (Å²) in [5.74, 6) is 1.94. The van der Waals surface area contributed by atoms with Gasteiger partial charge in [0.05, 0.1) is 0 Å². The van der Waals surface area contributed by atoms with E-state index in [-0.39, 0.29) is 0 Å². The first-order valence-corrected chi connectivity index (χ1v) is 8.08. The van der Waals surface area contributed by atoms with Crippen molar-refractivity contribution in [2.24, 2.45) is 0 Å². The minimum Gasteiger partial charge on any atom is -0.353 e. The molecule has 2 aromatic rings. The van der Waals surface area contributed by atoms with Crippen molar-refractivity contribution in [1.29, 1.82) is 0 Å². The molecule has 0 N–H and O–H groups in total. The molecule has 5 nitrogen and oxygen atoms in total. The number of aryl methyl sites for hydroxylation is 2. The third-order valence-electron chi connectivity index (χ3n) is 4.08. The first-order valence-electron chi connectivity index (χ1n) is 8.08. The molecule has 0 radical (unpaired) electrons. The fourth-order valence-electron chi connectivity index (χ4n) is 2.72. The third kappa shape index (κ3) is 3.18. The molecule has 116 valence electrons. The van der Waals surface area contributed by atoms with Gasteiger partial charge in [-0.25, -0.2) is 15.0 Å². The van der Waals surface area contributed by atoms with E-state index in [1.807, 2.05) is 18.3 Å². The summed E-state index contributed by atoms with van der Waals surface area (Å²) in [7, 11) is 0. The summed E-state index contributed by atoms with van der Waals surface area (Å²) in [6.45, 7) is 8.07. The van der Waals surface area contributed by atoms with Crippen molar-refractivity contribution in [3.63, 3.8) is 0 Å². The zero-order valence-electron chi connectivity index (χ0n) is 13.4. The molecule has 5 heteroatoms. The van der Waals surface area contributed by atoms with E-state index < -0.39 is 0 Å². The standard InChI is InChI=1S/C17H23N5/c1-3-14-13-15(4-2)20-17(19-14)22-11-9-21(10-12-22)16-7-5-6-8-18-16/h5-8,13H,3-4,9-12H2,1-2H3. The van der Waals surface area contributed by atoms with Crippen molar-refractivity contribution in [1.82, 2.24) is 15.0 Å². The van der Waals surface area contributed by atoms with Crippen LogP contribution in [0.5, 0.6) is 0 Å². The van der Waals surface area contributed by atoms with Crippen molar-refractivity contribution in [3.05, 3.63) is 41.9 Å². The van der Waals surface area contributed by atoms with E-state index in [0.29, 0.717) is 0 Å². The van der Waals surface area contributed by atoms with Crippen LogP contribution >= 0.6 is 0 Å². The van der Waals surface area contributed by atoms with Crippen LogP contribution in [0.15, 0.2) is 30.5 Å². The molecule has 1 fully saturated rings. The molecule has 1 aliphatic rings. The third-order valence-corrected chi connectivity index (χ3v) is 4.08. The van der Waals surface area contributed by atoms with E-state index in [0.717, 1.165) is 62.2 Å². The van der Waals surface area contributed by atoms with Crippen molar-refractivity contribution in [2.45, 2.75) is 26.7 Å². The van der Waals surface area contributed by atoms with Gasteiger partial charge in [0.15, 0.2) is 0 Å². The minimum absolute atomic E-state index is 0.886. The van der Waals surface area contributed by atoms with Gasteiger partial charge < -0.3 is 9.80 Å². The summed E-state index contributed by atoms with van der Waals surface area (Å²) in [5, 5.41) is 0. The average Bonchev–Trinajstić information content (AvgIpc) is 2.62. The van der Waals surface area contributed by atoms with Gasteiger partial charge in [-0.05, 0) is 31.0 Å². The van der Waals surface area contributed by atoms with Crippen LogP contribution in [0.1, 0.15) is 25.2 Å². The number of piperazine rings is 1. The highest BCUT2D eigenvalue weighted by Gasteiger charge is 2.20. The zero-order chi connectivity index (χ0) is 15.4. The lowest BCUT2D eigenvalue weighted by molar-refractivity contribution is 0.631. The number of rotatable bonds is 4. The molecule has 0 atom stereocenters. The average molecular weight is 297 g/mol. The highest BCUT2D eigenvalue weighted by molar-refractivity contribution is 5.42. The van der Waals surface area contributed by atoms with Crippen molar-refractivity contribution >= 4 is 11.8 Å². The monoisotopic (exact) mass is 297 g/mol. The summed E-state index contributed by atoms with van der Waals surface area (Å²) in [4.78, 5) is 18.4. The van der Waals surface area contributed by atoms with E-state index in [9.17, 15) is 0 Å². The molecule has 0 aliphatic carbocycles. The molecule has 3 heterocycles. The summed E-state index contributed by atoms with van der Waals surface area (Å²) in [6.07, 6.45) is 3.76. The van der Waals surface area contributed by atoms with Gasteiger partial charge in [-0.2, -0.15) is 0 Å². The Morgan fingerprint density at radius 3 is 2.09 bits per heavy atom. The van der Waals surface area contributed by atoms with Crippen LogP contribution in [-0.4, -0.2) is 41.1 Å². The molecular weight excluding hydrogens is 274 g/mol. The highest BCUT2D eigenvalue weighted by atomic mass is 15.3. The first kappa shape index (κ1) is 14.8. The summed E-state index contributed by atoms with van der Waals surface area (Å²) >= 11 is 0. The second kappa shape index (κ2) is 6.73. The van der Waals surface area contributed by atoms with Crippen LogP contribution in [0.3, 0.4) is 0 Å². The molecule has 2 aromatic heterocycles. The number of anilines is 2. The smallest absolute Gasteiger partial charge is 0.225 e. The molecule has 0 spiro atoms. The van der Waals surface area contributed by atoms with Crippen LogP contribution in [0.25, 0.3) is 0 Å². The quantitative estimate of drug-likeness (QED) is 0.866. The number of hydrogen-bond donors (Lipinski definition) is 0. The molecule has 1 saturated heterocycles. The van der Waals surface area contributed by atoms with Gasteiger partial charge in [-0.1, -0.05) is 19.9 Å². The van der Waals surface area contributed by atoms with Gasteiger partial charge in [0, 0.05) is 43.8 Å². The predicted octanol–water partition coefficient (Wildman–Crippen LogP) is 2.32. The van der Waals surface area contributed by atoms with Gasteiger partial charge >= 0.3 is 0 Å². The predicted molar refractivity (Wildman–Crippen MR) is 89.5 cm³/mol. The molecular formula is C17H23N5. The van der Waals surface area contributed by atoms with E-state index in [1.54, 1.807) is 0 Å². The van der Waals surface area contributed by atoms with E-state index in [1.165, 1.54) is 0 Å². The summed E-state index contributed by atoms with van der Waals surface area (Å²) < 4.78 is 0. The van der Waals surface area contributed by atoms with Crippen molar-refractivity contribution in [2.75, 3.05) is 36.0 Å². The van der Waals surface area contributed by atoms with Crippen LogP contribution in [0, 0.1) is 0 Å². The van der Waals surface area contributed by atoms with Gasteiger partial charge in [-0.15, -0.1) is 0 Å². The minimum atomic E-state index is 0.886. The van der Waals surface area contributed by atoms with E-state index in [4.69, 9.17) is 9.97 Å². The summed E-state index contributed by atoms with van der Waals surface area (Å²) in [5.41, 5.74) is 2.27. The Labute approximate surface area is 132 Å². The number of nitrogens with zero attached hydrogens (tertiary/aromatic N) is 5. The molecule has 3 rings (SSSR count). The lowest BCUT2D eigenvalue weighted by Gasteiger charge is -2.35. The van der Waals surface area contributed by atoms with Crippen molar-refractivity contribution in [3.8, 4) is 0 Å². The van der Waals surface area contributed by atoms with Crippen LogP contribution in [-0.2, 0) is 12.8 Å². The number of hydrogen-bond acceptors (Lipinski definition) is 5. The van der Waals surface area contributed by atoms with E-state index >= 15 is 0 Å². The van der Waals surface area contributed by atoms with Gasteiger partial charge in [0.2, 0.25) is 5.95 Å². The molecule has 0 amide bonds.